The van der Waals surface area contributed by atoms with Crippen LogP contribution in [0.2, 0.25) is 0 Å². The number of nitrogens with zero attached hydrogens (tertiary/aromatic N) is 1. The Morgan fingerprint density at radius 2 is 2.21 bits per heavy atom. The summed E-state index contributed by atoms with van der Waals surface area (Å²) in [4.78, 5) is 2.51. The van der Waals surface area contributed by atoms with Gasteiger partial charge in [0.2, 0.25) is 0 Å². The lowest BCUT2D eigenvalue weighted by atomic mass is 9.90. The number of rotatable bonds is 3. The number of hydrogen-bond donors (Lipinski definition) is 1. The minimum absolute atomic E-state index is 0.479. The Labute approximate surface area is 115 Å². The van der Waals surface area contributed by atoms with Crippen molar-refractivity contribution < 1.29 is 4.74 Å². The molecule has 2 aliphatic rings. The Hall–Kier alpha value is -1.06. The highest BCUT2D eigenvalue weighted by Crippen LogP contribution is 2.38. The van der Waals surface area contributed by atoms with E-state index in [-0.39, 0.29) is 0 Å². The lowest BCUT2D eigenvalue weighted by Crippen LogP contribution is -2.41. The van der Waals surface area contributed by atoms with E-state index in [9.17, 15) is 0 Å². The molecule has 0 saturated carbocycles. The molecule has 0 amide bonds. The maximum Gasteiger partial charge on any atom is 0.124 e. The largest absolute Gasteiger partial charge is 0.493 e. The fraction of sp³-hybridized carbons (Fsp3) is 0.625. The Morgan fingerprint density at radius 3 is 3.00 bits per heavy atom. The molecule has 19 heavy (non-hydrogen) atoms. The van der Waals surface area contributed by atoms with Crippen LogP contribution < -0.4 is 10.1 Å². The molecule has 2 heterocycles. The van der Waals surface area contributed by atoms with Gasteiger partial charge in [-0.3, -0.25) is 4.90 Å². The molecular weight excluding hydrogens is 236 g/mol. The van der Waals surface area contributed by atoms with Crippen LogP contribution in [0.4, 0.5) is 0 Å². The highest BCUT2D eigenvalue weighted by molar-refractivity contribution is 5.38. The van der Waals surface area contributed by atoms with E-state index in [4.69, 9.17) is 4.74 Å². The summed E-state index contributed by atoms with van der Waals surface area (Å²) in [5, 5.41) is 3.59. The molecule has 3 rings (SSSR count). The number of para-hydroxylation sites is 1. The number of hydrogen-bond acceptors (Lipinski definition) is 3. The third-order valence-corrected chi connectivity index (χ3v) is 4.42. The number of nitrogens with one attached hydrogen (secondary N) is 1. The smallest absolute Gasteiger partial charge is 0.124 e. The molecule has 2 aliphatic heterocycles. The maximum atomic E-state index is 5.84. The Bertz CT molecular complexity index is 429. The number of benzene rings is 1. The van der Waals surface area contributed by atoms with Crippen LogP contribution in [0.1, 0.15) is 31.4 Å². The zero-order valence-corrected chi connectivity index (χ0v) is 11.9. The zero-order chi connectivity index (χ0) is 13.2. The molecule has 1 aromatic carbocycles. The Morgan fingerprint density at radius 1 is 1.37 bits per heavy atom. The van der Waals surface area contributed by atoms with Crippen molar-refractivity contribution in [3.63, 3.8) is 0 Å². The van der Waals surface area contributed by atoms with Gasteiger partial charge in [-0.05, 0) is 32.5 Å². The first-order valence-corrected chi connectivity index (χ1v) is 7.41. The van der Waals surface area contributed by atoms with Gasteiger partial charge in [-0.25, -0.2) is 0 Å². The average molecular weight is 260 g/mol. The van der Waals surface area contributed by atoms with Crippen LogP contribution in [0.3, 0.4) is 0 Å². The minimum atomic E-state index is 0.479. The minimum Gasteiger partial charge on any atom is -0.493 e. The van der Waals surface area contributed by atoms with E-state index < -0.39 is 0 Å². The zero-order valence-electron chi connectivity index (χ0n) is 11.9. The van der Waals surface area contributed by atoms with Gasteiger partial charge in [-0.2, -0.15) is 0 Å². The average Bonchev–Trinajstić information content (AvgIpc) is 2.91. The molecule has 0 spiro atoms. The molecular formula is C16H24N2O. The van der Waals surface area contributed by atoms with Gasteiger partial charge in [0.1, 0.15) is 5.75 Å². The van der Waals surface area contributed by atoms with Crippen molar-refractivity contribution in [3.8, 4) is 5.75 Å². The molecule has 3 heteroatoms. The van der Waals surface area contributed by atoms with Crippen molar-refractivity contribution in [1.29, 1.82) is 0 Å². The highest BCUT2D eigenvalue weighted by atomic mass is 16.5. The summed E-state index contributed by atoms with van der Waals surface area (Å²) in [5.74, 6) is 1.61. The molecule has 0 aromatic heterocycles. The van der Waals surface area contributed by atoms with Crippen LogP contribution >= 0.6 is 0 Å². The fourth-order valence-corrected chi connectivity index (χ4v) is 3.52. The van der Waals surface area contributed by atoms with Crippen LogP contribution in [0, 0.1) is 5.92 Å². The first kappa shape index (κ1) is 12.9. The summed E-state index contributed by atoms with van der Waals surface area (Å²) in [6, 6.07) is 9.63. The lowest BCUT2D eigenvalue weighted by molar-refractivity contribution is 0.104. The normalized spacial score (nSPS) is 30.2. The summed E-state index contributed by atoms with van der Waals surface area (Å²) < 4.78 is 5.84. The van der Waals surface area contributed by atoms with Crippen molar-refractivity contribution >= 4 is 0 Å². The molecule has 0 bridgehead atoms. The Kier molecular flexibility index (Phi) is 3.76. The molecule has 1 fully saturated rings. The number of fused-ring (bicyclic) bond motifs is 1. The van der Waals surface area contributed by atoms with Crippen LogP contribution in [-0.4, -0.2) is 37.7 Å². The third-order valence-electron chi connectivity index (χ3n) is 4.42. The molecule has 104 valence electrons. The maximum absolute atomic E-state index is 5.84. The molecule has 0 aliphatic carbocycles. The second-order valence-electron chi connectivity index (χ2n) is 6.00. The predicted octanol–water partition coefficient (Wildman–Crippen LogP) is 2.44. The molecule has 3 nitrogen and oxygen atoms in total. The summed E-state index contributed by atoms with van der Waals surface area (Å²) in [6.07, 6.45) is 2.63. The molecule has 0 radical (unpaired) electrons. The standard InChI is InChI=1S/C16H24N2O/c1-12-11-19-15-8-4-3-7-14(15)16(12)18(2)10-13-6-5-9-17-13/h3-4,7-8,12-13,16-17H,5-6,9-11H2,1-2H3. The van der Waals surface area contributed by atoms with Crippen LogP contribution in [0.5, 0.6) is 5.75 Å². The van der Waals surface area contributed by atoms with Gasteiger partial charge in [0.25, 0.3) is 0 Å². The van der Waals surface area contributed by atoms with E-state index in [0.717, 1.165) is 18.9 Å². The molecule has 1 aromatic rings. The number of likely N-dealkylation sites (N-methyl/N-ethyl adjacent to an activating group) is 1. The fourth-order valence-electron chi connectivity index (χ4n) is 3.52. The van der Waals surface area contributed by atoms with E-state index in [1.807, 2.05) is 0 Å². The molecule has 1 saturated heterocycles. The quantitative estimate of drug-likeness (QED) is 0.903. The van der Waals surface area contributed by atoms with Gasteiger partial charge in [0, 0.05) is 30.1 Å². The van der Waals surface area contributed by atoms with Gasteiger partial charge < -0.3 is 10.1 Å². The SMILES string of the molecule is CC1COc2ccccc2C1N(C)CC1CCCN1. The molecule has 3 atom stereocenters. The topological polar surface area (TPSA) is 24.5 Å². The summed E-state index contributed by atoms with van der Waals surface area (Å²) in [6.45, 7) is 5.42. The number of ether oxygens (including phenoxy) is 1. The molecule has 1 N–H and O–H groups in total. The van der Waals surface area contributed by atoms with Crippen LogP contribution in [0.25, 0.3) is 0 Å². The second-order valence-corrected chi connectivity index (χ2v) is 6.00. The van der Waals surface area contributed by atoms with Gasteiger partial charge in [0.15, 0.2) is 0 Å². The Balaban J connectivity index is 1.78. The summed E-state index contributed by atoms with van der Waals surface area (Å²) in [5.41, 5.74) is 1.35. The van der Waals surface area contributed by atoms with E-state index >= 15 is 0 Å². The van der Waals surface area contributed by atoms with Gasteiger partial charge in [0.05, 0.1) is 6.61 Å². The van der Waals surface area contributed by atoms with Gasteiger partial charge in [-0.15, -0.1) is 0 Å². The summed E-state index contributed by atoms with van der Waals surface area (Å²) in [7, 11) is 2.25. The van der Waals surface area contributed by atoms with Crippen molar-refractivity contribution in [2.24, 2.45) is 5.92 Å². The first-order valence-electron chi connectivity index (χ1n) is 7.41. The van der Waals surface area contributed by atoms with Crippen molar-refractivity contribution in [3.05, 3.63) is 29.8 Å². The van der Waals surface area contributed by atoms with Gasteiger partial charge in [-0.1, -0.05) is 25.1 Å². The predicted molar refractivity (Wildman–Crippen MR) is 77.5 cm³/mol. The summed E-state index contributed by atoms with van der Waals surface area (Å²) >= 11 is 0. The van der Waals surface area contributed by atoms with Crippen molar-refractivity contribution in [1.82, 2.24) is 10.2 Å². The molecule has 3 unspecified atom stereocenters. The first-order chi connectivity index (χ1) is 9.25. The van der Waals surface area contributed by atoms with E-state index in [0.29, 0.717) is 18.0 Å². The monoisotopic (exact) mass is 260 g/mol. The van der Waals surface area contributed by atoms with Gasteiger partial charge >= 0.3 is 0 Å². The van der Waals surface area contributed by atoms with E-state index in [1.165, 1.54) is 24.9 Å². The van der Waals surface area contributed by atoms with E-state index in [1.54, 1.807) is 0 Å². The third kappa shape index (κ3) is 2.63. The van der Waals surface area contributed by atoms with Crippen LogP contribution in [-0.2, 0) is 0 Å². The highest BCUT2D eigenvalue weighted by Gasteiger charge is 2.32. The lowest BCUT2D eigenvalue weighted by Gasteiger charge is -2.38. The van der Waals surface area contributed by atoms with Crippen molar-refractivity contribution in [2.45, 2.75) is 31.8 Å². The van der Waals surface area contributed by atoms with E-state index in [2.05, 4.69) is 48.5 Å². The second kappa shape index (κ2) is 5.51. The van der Waals surface area contributed by atoms with Crippen LogP contribution in [0.15, 0.2) is 24.3 Å². The van der Waals surface area contributed by atoms with Crippen molar-refractivity contribution in [2.75, 3.05) is 26.7 Å².